The molecule has 0 aliphatic carbocycles. The molecule has 0 saturated heterocycles. The zero-order chi connectivity index (χ0) is 17.2. The summed E-state index contributed by atoms with van der Waals surface area (Å²) >= 11 is 0. The molecule has 1 heterocycles. The van der Waals surface area contributed by atoms with E-state index in [1.165, 1.54) is 24.3 Å². The molecule has 0 saturated carbocycles. The first-order chi connectivity index (χ1) is 12.2. The minimum Gasteiger partial charge on any atom is -1.00 e. The Labute approximate surface area is 160 Å². The molecule has 3 nitrogen and oxygen atoms in total. The molecule has 0 aliphatic heterocycles. The number of para-hydroxylation sites is 2. The van der Waals surface area contributed by atoms with Crippen LogP contribution in [0.25, 0.3) is 11.0 Å². The molecular formula is C20H16BrF2N3. The molecule has 0 amide bonds. The summed E-state index contributed by atoms with van der Waals surface area (Å²) in [6.07, 6.45) is 0. The largest absolute Gasteiger partial charge is 1.00 e. The van der Waals surface area contributed by atoms with Crippen molar-refractivity contribution in [2.45, 2.75) is 13.1 Å². The Hall–Kier alpha value is -2.60. The molecule has 4 aromatic rings. The van der Waals surface area contributed by atoms with E-state index in [1.807, 2.05) is 33.6 Å². The van der Waals surface area contributed by atoms with Crippen molar-refractivity contribution in [3.8, 4) is 0 Å². The second kappa shape index (κ2) is 7.74. The number of rotatable bonds is 4. The van der Waals surface area contributed by atoms with Gasteiger partial charge in [-0.05, 0) is 47.5 Å². The molecule has 0 atom stereocenters. The highest BCUT2D eigenvalue weighted by Crippen LogP contribution is 2.13. The Kier molecular flexibility index (Phi) is 5.42. The highest BCUT2D eigenvalue weighted by Gasteiger charge is 2.18. The van der Waals surface area contributed by atoms with Crippen LogP contribution in [0.5, 0.6) is 0 Å². The fraction of sp³-hybridized carbons (Fsp3) is 0.100. The Balaban J connectivity index is 0.00000196. The Bertz CT molecular complexity index is 930. The number of fused-ring (bicyclic) bond motifs is 1. The maximum atomic E-state index is 13.1. The molecule has 0 spiro atoms. The van der Waals surface area contributed by atoms with Gasteiger partial charge in [-0.25, -0.2) is 8.78 Å². The summed E-state index contributed by atoms with van der Waals surface area (Å²) in [6.45, 7) is 1.11. The molecule has 0 aliphatic rings. The van der Waals surface area contributed by atoms with E-state index >= 15 is 0 Å². The highest BCUT2D eigenvalue weighted by atomic mass is 79.9. The third-order valence-corrected chi connectivity index (χ3v) is 4.15. The van der Waals surface area contributed by atoms with E-state index in [-0.39, 0.29) is 28.6 Å². The fourth-order valence-corrected chi connectivity index (χ4v) is 2.89. The Morgan fingerprint density at radius 3 is 2.00 bits per heavy atom. The van der Waals surface area contributed by atoms with Crippen LogP contribution < -0.4 is 21.7 Å². The molecule has 0 fully saturated rings. The molecule has 132 valence electrons. The normalized spacial score (nSPS) is 10.7. The van der Waals surface area contributed by atoms with E-state index in [0.29, 0.717) is 13.1 Å². The van der Waals surface area contributed by atoms with Crippen LogP contribution in [0.15, 0.2) is 72.8 Å². The molecule has 4 rings (SSSR count). The van der Waals surface area contributed by atoms with Crippen LogP contribution in [0.1, 0.15) is 11.1 Å². The van der Waals surface area contributed by atoms with Gasteiger partial charge in [0, 0.05) is 0 Å². The number of aromatic nitrogens is 3. The van der Waals surface area contributed by atoms with Gasteiger partial charge in [0.1, 0.15) is 24.7 Å². The van der Waals surface area contributed by atoms with Crippen molar-refractivity contribution >= 4 is 11.0 Å². The number of nitrogens with zero attached hydrogens (tertiary/aromatic N) is 3. The average Bonchev–Trinajstić information content (AvgIpc) is 2.97. The first-order valence-corrected chi connectivity index (χ1v) is 8.03. The highest BCUT2D eigenvalue weighted by molar-refractivity contribution is 5.70. The topological polar surface area (TPSA) is 21.7 Å². The number of hydrogen-bond acceptors (Lipinski definition) is 1. The lowest BCUT2D eigenvalue weighted by Gasteiger charge is -1.97. The summed E-state index contributed by atoms with van der Waals surface area (Å²) in [6, 6.07) is 20.8. The SMILES string of the molecule is Fc1ccc(Cn2n[n+](Cc3ccc(F)cc3)c3ccccc32)cc1.[Br-]. The van der Waals surface area contributed by atoms with Crippen LogP contribution in [0.3, 0.4) is 0 Å². The van der Waals surface area contributed by atoms with Gasteiger partial charge in [-0.1, -0.05) is 36.4 Å². The second-order valence-electron chi connectivity index (χ2n) is 5.95. The lowest BCUT2D eigenvalue weighted by molar-refractivity contribution is -0.724. The first kappa shape index (κ1) is 18.2. The third kappa shape index (κ3) is 3.80. The molecule has 0 unspecified atom stereocenters. The maximum Gasteiger partial charge on any atom is 0.198 e. The van der Waals surface area contributed by atoms with Crippen molar-refractivity contribution in [2.75, 3.05) is 0 Å². The lowest BCUT2D eigenvalue weighted by Crippen LogP contribution is -3.00. The maximum absolute atomic E-state index is 13.1. The predicted octanol–water partition coefficient (Wildman–Crippen LogP) is 0.703. The zero-order valence-electron chi connectivity index (χ0n) is 13.8. The number of halogens is 3. The Morgan fingerprint density at radius 2 is 1.35 bits per heavy atom. The van der Waals surface area contributed by atoms with Crippen molar-refractivity contribution in [1.29, 1.82) is 0 Å². The van der Waals surface area contributed by atoms with Gasteiger partial charge < -0.3 is 17.0 Å². The summed E-state index contributed by atoms with van der Waals surface area (Å²) in [4.78, 5) is 0. The molecule has 0 radical (unpaired) electrons. The smallest absolute Gasteiger partial charge is 0.198 e. The van der Waals surface area contributed by atoms with Crippen molar-refractivity contribution in [1.82, 2.24) is 9.90 Å². The lowest BCUT2D eigenvalue weighted by atomic mass is 10.2. The van der Waals surface area contributed by atoms with Gasteiger partial charge in [0.25, 0.3) is 0 Å². The molecule has 3 aromatic carbocycles. The van der Waals surface area contributed by atoms with Gasteiger partial charge >= 0.3 is 0 Å². The van der Waals surface area contributed by atoms with Crippen molar-refractivity contribution < 1.29 is 30.4 Å². The minimum absolute atomic E-state index is 0. The van der Waals surface area contributed by atoms with E-state index in [9.17, 15) is 8.78 Å². The van der Waals surface area contributed by atoms with Crippen LogP contribution in [-0.2, 0) is 13.1 Å². The molecule has 26 heavy (non-hydrogen) atoms. The molecule has 0 N–H and O–H groups in total. The van der Waals surface area contributed by atoms with Crippen LogP contribution in [0, 0.1) is 11.6 Å². The van der Waals surface area contributed by atoms with Gasteiger partial charge in [0.15, 0.2) is 11.0 Å². The molecular weight excluding hydrogens is 400 g/mol. The van der Waals surface area contributed by atoms with Crippen LogP contribution in [-0.4, -0.2) is 9.90 Å². The molecule has 0 bridgehead atoms. The van der Waals surface area contributed by atoms with Gasteiger partial charge in [0.05, 0.1) is 5.21 Å². The van der Waals surface area contributed by atoms with Gasteiger partial charge in [-0.15, -0.1) is 9.36 Å². The number of benzene rings is 3. The van der Waals surface area contributed by atoms with Gasteiger partial charge in [0.2, 0.25) is 0 Å². The monoisotopic (exact) mass is 415 g/mol. The third-order valence-electron chi connectivity index (χ3n) is 4.15. The number of hydrogen-bond donors (Lipinski definition) is 0. The van der Waals surface area contributed by atoms with Crippen LogP contribution in [0.2, 0.25) is 0 Å². The summed E-state index contributed by atoms with van der Waals surface area (Å²) < 4.78 is 30.0. The predicted molar refractivity (Wildman–Crippen MR) is 90.9 cm³/mol. The van der Waals surface area contributed by atoms with Gasteiger partial charge in [-0.2, -0.15) is 0 Å². The molecule has 6 heteroatoms. The summed E-state index contributed by atoms with van der Waals surface area (Å²) in [5.74, 6) is -0.499. The standard InChI is InChI=1S/C20H16F2N3.BrH/c21-17-9-5-15(6-10-17)13-24-19-3-1-2-4-20(19)25(23-24)14-16-7-11-18(22)12-8-16;/h1-12H,13-14H2;1H/q+1;/p-1. The van der Waals surface area contributed by atoms with E-state index in [4.69, 9.17) is 0 Å². The second-order valence-corrected chi connectivity index (χ2v) is 5.95. The molecule has 1 aromatic heterocycles. The zero-order valence-corrected chi connectivity index (χ0v) is 15.4. The van der Waals surface area contributed by atoms with Crippen molar-refractivity contribution in [2.24, 2.45) is 0 Å². The van der Waals surface area contributed by atoms with E-state index in [1.54, 1.807) is 24.3 Å². The average molecular weight is 416 g/mol. The van der Waals surface area contributed by atoms with Gasteiger partial charge in [-0.3, -0.25) is 0 Å². The fourth-order valence-electron chi connectivity index (χ4n) is 2.89. The quantitative estimate of drug-likeness (QED) is 0.449. The summed E-state index contributed by atoms with van der Waals surface area (Å²) in [7, 11) is 0. The van der Waals surface area contributed by atoms with Crippen LogP contribution >= 0.6 is 0 Å². The summed E-state index contributed by atoms with van der Waals surface area (Å²) in [5.41, 5.74) is 3.94. The van der Waals surface area contributed by atoms with E-state index < -0.39 is 0 Å². The minimum atomic E-state index is -0.250. The van der Waals surface area contributed by atoms with Crippen LogP contribution in [0.4, 0.5) is 8.78 Å². The van der Waals surface area contributed by atoms with Crippen molar-refractivity contribution in [3.63, 3.8) is 0 Å². The Morgan fingerprint density at radius 1 is 0.769 bits per heavy atom. The van der Waals surface area contributed by atoms with E-state index in [0.717, 1.165) is 22.2 Å². The summed E-state index contributed by atoms with van der Waals surface area (Å²) in [5, 5.41) is 4.67. The van der Waals surface area contributed by atoms with E-state index in [2.05, 4.69) is 5.21 Å². The first-order valence-electron chi connectivity index (χ1n) is 8.03. The van der Waals surface area contributed by atoms with Crippen molar-refractivity contribution in [3.05, 3.63) is 95.6 Å².